The van der Waals surface area contributed by atoms with Gasteiger partial charge in [0.2, 0.25) is 0 Å². The van der Waals surface area contributed by atoms with E-state index in [-0.39, 0.29) is 0 Å². The average molecular weight is 790 g/mol. The summed E-state index contributed by atoms with van der Waals surface area (Å²) in [6, 6.07) is 85.5. The molecular formula is C60H39NO. The Kier molecular flexibility index (Phi) is 8.53. The van der Waals surface area contributed by atoms with E-state index in [1.54, 1.807) is 0 Å². The maximum Gasteiger partial charge on any atom is 0.137 e. The van der Waals surface area contributed by atoms with E-state index < -0.39 is 0 Å². The molecule has 1 heterocycles. The van der Waals surface area contributed by atoms with Gasteiger partial charge in [-0.3, -0.25) is 0 Å². The summed E-state index contributed by atoms with van der Waals surface area (Å²) >= 11 is 0. The molecule has 0 saturated carbocycles. The van der Waals surface area contributed by atoms with E-state index in [1.807, 2.05) is 6.07 Å². The van der Waals surface area contributed by atoms with Gasteiger partial charge in [0.05, 0.1) is 11.1 Å². The highest BCUT2D eigenvalue weighted by Crippen LogP contribution is 2.47. The van der Waals surface area contributed by atoms with Crippen molar-refractivity contribution in [2.75, 3.05) is 4.90 Å². The van der Waals surface area contributed by atoms with E-state index >= 15 is 0 Å². The van der Waals surface area contributed by atoms with Gasteiger partial charge in [-0.15, -0.1) is 0 Å². The van der Waals surface area contributed by atoms with Gasteiger partial charge in [-0.05, 0) is 131 Å². The Labute approximate surface area is 360 Å². The molecule has 290 valence electrons. The predicted octanol–water partition coefficient (Wildman–Crippen LogP) is 17.2. The second kappa shape index (κ2) is 14.8. The second-order valence-electron chi connectivity index (χ2n) is 16.0. The molecule has 2 nitrogen and oxygen atoms in total. The first-order chi connectivity index (χ1) is 30.7. The Morgan fingerprint density at radius 1 is 0.274 bits per heavy atom. The number of anilines is 3. The van der Waals surface area contributed by atoms with Crippen LogP contribution in [0.2, 0.25) is 0 Å². The van der Waals surface area contributed by atoms with Crippen LogP contribution in [0.1, 0.15) is 0 Å². The number of nitrogens with zero attached hydrogens (tertiary/aromatic N) is 1. The zero-order valence-corrected chi connectivity index (χ0v) is 33.9. The minimum Gasteiger partial charge on any atom is -0.456 e. The molecule has 11 aromatic carbocycles. The van der Waals surface area contributed by atoms with Gasteiger partial charge in [0, 0.05) is 16.8 Å². The highest BCUT2D eigenvalue weighted by Gasteiger charge is 2.21. The van der Waals surface area contributed by atoms with Crippen molar-refractivity contribution in [2.24, 2.45) is 0 Å². The fourth-order valence-electron chi connectivity index (χ4n) is 9.55. The fraction of sp³-hybridized carbons (Fsp3) is 0. The molecule has 0 fully saturated rings. The molecule has 0 aliphatic carbocycles. The third kappa shape index (κ3) is 6.04. The lowest BCUT2D eigenvalue weighted by atomic mass is 9.84. The quantitative estimate of drug-likeness (QED) is 0.150. The predicted molar refractivity (Wildman–Crippen MR) is 263 cm³/mol. The van der Waals surface area contributed by atoms with E-state index in [1.165, 1.54) is 65.7 Å². The summed E-state index contributed by atoms with van der Waals surface area (Å²) in [5.41, 5.74) is 14.5. The SMILES string of the molecule is c1ccc(-c2c(-c3ccccc3)c3cc(-c4ccc(N(c5cccc(-c6ccc7ccccc7c6)c5)c5cccc6oc7ccccc7c56)cc4)ccc3c3ccccc23)cc1. The zero-order valence-electron chi connectivity index (χ0n) is 33.9. The van der Waals surface area contributed by atoms with Gasteiger partial charge in [-0.25, -0.2) is 0 Å². The van der Waals surface area contributed by atoms with E-state index in [9.17, 15) is 0 Å². The molecular weight excluding hydrogens is 751 g/mol. The highest BCUT2D eigenvalue weighted by molar-refractivity contribution is 6.22. The van der Waals surface area contributed by atoms with Crippen molar-refractivity contribution in [3.05, 3.63) is 237 Å². The Morgan fingerprint density at radius 3 is 1.61 bits per heavy atom. The number of rotatable bonds is 7. The molecule has 1 aromatic heterocycles. The second-order valence-corrected chi connectivity index (χ2v) is 16.0. The molecule has 12 aromatic rings. The minimum absolute atomic E-state index is 0.865. The van der Waals surface area contributed by atoms with Crippen molar-refractivity contribution >= 4 is 71.3 Å². The minimum atomic E-state index is 0.865. The average Bonchev–Trinajstić information content (AvgIpc) is 3.74. The molecule has 12 rings (SSSR count). The number of benzene rings is 11. The van der Waals surface area contributed by atoms with E-state index in [0.717, 1.165) is 50.1 Å². The lowest BCUT2D eigenvalue weighted by Crippen LogP contribution is -2.10. The number of hydrogen-bond donors (Lipinski definition) is 0. The van der Waals surface area contributed by atoms with E-state index in [0.29, 0.717) is 0 Å². The van der Waals surface area contributed by atoms with E-state index in [4.69, 9.17) is 4.42 Å². The van der Waals surface area contributed by atoms with Crippen LogP contribution in [0, 0.1) is 0 Å². The lowest BCUT2D eigenvalue weighted by Gasteiger charge is -2.27. The fourth-order valence-corrected chi connectivity index (χ4v) is 9.55. The van der Waals surface area contributed by atoms with Crippen LogP contribution in [-0.2, 0) is 0 Å². The topological polar surface area (TPSA) is 16.4 Å². The van der Waals surface area contributed by atoms with Crippen molar-refractivity contribution in [1.29, 1.82) is 0 Å². The van der Waals surface area contributed by atoms with Gasteiger partial charge in [0.25, 0.3) is 0 Å². The van der Waals surface area contributed by atoms with E-state index in [2.05, 4.69) is 235 Å². The first-order valence-corrected chi connectivity index (χ1v) is 21.2. The van der Waals surface area contributed by atoms with Crippen LogP contribution in [0.4, 0.5) is 17.1 Å². The highest BCUT2D eigenvalue weighted by atomic mass is 16.3. The molecule has 62 heavy (non-hydrogen) atoms. The van der Waals surface area contributed by atoms with Crippen molar-refractivity contribution < 1.29 is 4.42 Å². The third-order valence-corrected chi connectivity index (χ3v) is 12.4. The Morgan fingerprint density at radius 2 is 0.823 bits per heavy atom. The Balaban J connectivity index is 1.03. The number of hydrogen-bond acceptors (Lipinski definition) is 2. The Hall–Kier alpha value is -8.20. The summed E-state index contributed by atoms with van der Waals surface area (Å²) in [5.74, 6) is 0. The van der Waals surface area contributed by atoms with Crippen LogP contribution in [0.15, 0.2) is 241 Å². The van der Waals surface area contributed by atoms with Crippen molar-refractivity contribution in [1.82, 2.24) is 0 Å². The van der Waals surface area contributed by atoms with Crippen LogP contribution < -0.4 is 4.90 Å². The normalized spacial score (nSPS) is 11.5. The molecule has 0 spiro atoms. The standard InChI is InChI=1S/C60H39NO/c1-3-16-42(17-4-1)58-52-24-10-9-23-50(52)51-36-33-47(39-54(51)59(58)43-18-5-2-6-19-43)41-31-34-48(35-32-41)61(55-26-14-28-57-60(55)53-25-11-12-27-56(53)62-57)49-22-13-21-45(38-49)46-30-29-40-15-7-8-20-44(40)37-46/h1-39H. The van der Waals surface area contributed by atoms with Crippen LogP contribution in [-0.4, -0.2) is 0 Å². The van der Waals surface area contributed by atoms with Gasteiger partial charge in [-0.2, -0.15) is 0 Å². The van der Waals surface area contributed by atoms with Gasteiger partial charge < -0.3 is 9.32 Å². The van der Waals surface area contributed by atoms with Crippen molar-refractivity contribution in [3.63, 3.8) is 0 Å². The van der Waals surface area contributed by atoms with Crippen LogP contribution in [0.5, 0.6) is 0 Å². The van der Waals surface area contributed by atoms with Gasteiger partial charge in [0.15, 0.2) is 0 Å². The van der Waals surface area contributed by atoms with Gasteiger partial charge in [-0.1, -0.05) is 182 Å². The summed E-state index contributed by atoms with van der Waals surface area (Å²) < 4.78 is 6.44. The van der Waals surface area contributed by atoms with Gasteiger partial charge in [0.1, 0.15) is 11.2 Å². The molecule has 0 bridgehead atoms. The lowest BCUT2D eigenvalue weighted by molar-refractivity contribution is 0.669. The molecule has 0 aliphatic rings. The summed E-state index contributed by atoms with van der Waals surface area (Å²) in [7, 11) is 0. The summed E-state index contributed by atoms with van der Waals surface area (Å²) in [6.07, 6.45) is 0. The molecule has 0 aliphatic heterocycles. The molecule has 2 heteroatoms. The Bertz CT molecular complexity index is 3620. The molecule has 0 radical (unpaired) electrons. The van der Waals surface area contributed by atoms with Gasteiger partial charge >= 0.3 is 0 Å². The number of furan rings is 1. The van der Waals surface area contributed by atoms with Crippen molar-refractivity contribution in [3.8, 4) is 44.5 Å². The monoisotopic (exact) mass is 789 g/mol. The number of fused-ring (bicyclic) bond motifs is 7. The maximum atomic E-state index is 6.44. The molecule has 0 atom stereocenters. The maximum absolute atomic E-state index is 6.44. The van der Waals surface area contributed by atoms with Crippen LogP contribution in [0.3, 0.4) is 0 Å². The molecule has 0 unspecified atom stereocenters. The van der Waals surface area contributed by atoms with Crippen molar-refractivity contribution in [2.45, 2.75) is 0 Å². The molecule has 0 N–H and O–H groups in total. The summed E-state index contributed by atoms with van der Waals surface area (Å²) in [5, 5.41) is 9.65. The first kappa shape index (κ1) is 35.7. The number of para-hydroxylation sites is 1. The summed E-state index contributed by atoms with van der Waals surface area (Å²) in [4.78, 5) is 2.38. The third-order valence-electron chi connectivity index (χ3n) is 12.4. The summed E-state index contributed by atoms with van der Waals surface area (Å²) in [6.45, 7) is 0. The van der Waals surface area contributed by atoms with Crippen LogP contribution in [0.25, 0.3) is 98.8 Å². The molecule has 0 amide bonds. The van der Waals surface area contributed by atoms with Crippen LogP contribution >= 0.6 is 0 Å². The zero-order chi connectivity index (χ0) is 41.0. The smallest absolute Gasteiger partial charge is 0.137 e. The first-order valence-electron chi connectivity index (χ1n) is 21.2. The largest absolute Gasteiger partial charge is 0.456 e. The molecule has 0 saturated heterocycles.